The van der Waals surface area contributed by atoms with E-state index in [0.29, 0.717) is 0 Å². The molecule has 0 aliphatic rings. The van der Waals surface area contributed by atoms with Crippen LogP contribution in [0.4, 0.5) is 0 Å². The first-order valence-corrected chi connectivity index (χ1v) is 12.6. The summed E-state index contributed by atoms with van der Waals surface area (Å²) in [4.78, 5) is 9.85. The molecular formula is C28H40N2OS. The number of fused-ring (bicyclic) bond motifs is 2. The molecule has 174 valence electrons. The molecule has 0 amide bonds. The second kappa shape index (κ2) is 7.03. The van der Waals surface area contributed by atoms with Crippen molar-refractivity contribution in [1.82, 2.24) is 9.97 Å². The van der Waals surface area contributed by atoms with Gasteiger partial charge in [-0.05, 0) is 40.4 Å². The Morgan fingerprint density at radius 1 is 0.812 bits per heavy atom. The zero-order valence-corrected chi connectivity index (χ0v) is 22.6. The summed E-state index contributed by atoms with van der Waals surface area (Å²) >= 11 is 1.93. The molecule has 0 aliphatic carbocycles. The highest BCUT2D eigenvalue weighted by Gasteiger charge is 2.36. The van der Waals surface area contributed by atoms with Crippen LogP contribution in [-0.4, -0.2) is 9.97 Å². The number of hydrogen-bond donors (Lipinski definition) is 2. The average molecular weight is 453 g/mol. The van der Waals surface area contributed by atoms with Gasteiger partial charge in [-0.15, -0.1) is 11.3 Å². The van der Waals surface area contributed by atoms with Crippen LogP contribution in [0.1, 0.15) is 104 Å². The Morgan fingerprint density at radius 2 is 1.44 bits per heavy atom. The Kier molecular flexibility index (Phi) is 5.10. The van der Waals surface area contributed by atoms with Crippen molar-refractivity contribution in [2.75, 3.05) is 0 Å². The first-order chi connectivity index (χ1) is 14.5. The van der Waals surface area contributed by atoms with Gasteiger partial charge in [0.05, 0.1) is 0 Å². The van der Waals surface area contributed by atoms with Crippen molar-refractivity contribution >= 4 is 32.7 Å². The lowest BCUT2D eigenvalue weighted by Gasteiger charge is -2.28. The van der Waals surface area contributed by atoms with E-state index in [1.165, 1.54) is 37.3 Å². The van der Waals surface area contributed by atoms with Crippen molar-refractivity contribution in [1.29, 1.82) is 0 Å². The molecule has 0 atom stereocenters. The van der Waals surface area contributed by atoms with Gasteiger partial charge in [0, 0.05) is 38.5 Å². The minimum atomic E-state index is -0.135. The van der Waals surface area contributed by atoms with Gasteiger partial charge in [0.2, 0.25) is 5.71 Å². The first-order valence-electron chi connectivity index (χ1n) is 11.8. The highest BCUT2D eigenvalue weighted by molar-refractivity contribution is 7.19. The zero-order valence-electron chi connectivity index (χ0n) is 21.8. The van der Waals surface area contributed by atoms with Crippen molar-refractivity contribution < 1.29 is 4.42 Å². The summed E-state index contributed by atoms with van der Waals surface area (Å²) in [6.07, 6.45) is 2.88. The summed E-state index contributed by atoms with van der Waals surface area (Å²) in [5.41, 5.74) is 5.10. The fraction of sp³-hybridized carbons (Fsp3) is 0.571. The standard InChI is InChI=1S/C28H40N2OS/c1-25(2,3)19-17-12-13-29-23(17)31-21(19)28(10,11)15-16-14-18-20(26(4,5)6)22(27(7,8)9)32-24(18)30-16/h12-14,29-30H,15H2,1-11H3. The molecule has 0 saturated heterocycles. The molecule has 4 rings (SSSR count). The van der Waals surface area contributed by atoms with Gasteiger partial charge in [0.15, 0.2) is 0 Å². The molecule has 4 aromatic heterocycles. The van der Waals surface area contributed by atoms with Gasteiger partial charge in [0.1, 0.15) is 10.6 Å². The fourth-order valence-electron chi connectivity index (χ4n) is 5.09. The quantitative estimate of drug-likeness (QED) is 0.321. The van der Waals surface area contributed by atoms with Crippen molar-refractivity contribution in [3.8, 4) is 0 Å². The van der Waals surface area contributed by atoms with Gasteiger partial charge >= 0.3 is 0 Å². The van der Waals surface area contributed by atoms with Crippen LogP contribution in [-0.2, 0) is 28.1 Å². The molecule has 3 nitrogen and oxygen atoms in total. The van der Waals surface area contributed by atoms with Crippen molar-refractivity contribution in [2.45, 2.75) is 104 Å². The second-order valence-corrected chi connectivity index (χ2v) is 14.2. The third kappa shape index (κ3) is 3.85. The summed E-state index contributed by atoms with van der Waals surface area (Å²) in [5, 5.41) is 2.60. The number of H-pyrrole nitrogens is 2. The SMILES string of the molecule is CC(C)(C)c1sc2[nH]c(CC(C)(C)c3oc4[nH]ccc4c3C(C)(C)C)cc2c1C(C)(C)C. The lowest BCUT2D eigenvalue weighted by Crippen LogP contribution is -2.25. The van der Waals surface area contributed by atoms with Gasteiger partial charge in [-0.25, -0.2) is 0 Å². The van der Waals surface area contributed by atoms with E-state index in [9.17, 15) is 0 Å². The summed E-state index contributed by atoms with van der Waals surface area (Å²) in [6, 6.07) is 4.54. The van der Waals surface area contributed by atoms with Gasteiger partial charge < -0.3 is 14.4 Å². The number of furan rings is 1. The molecule has 4 heterocycles. The third-order valence-electron chi connectivity index (χ3n) is 6.38. The highest BCUT2D eigenvalue weighted by Crippen LogP contribution is 2.46. The van der Waals surface area contributed by atoms with E-state index in [1.54, 1.807) is 0 Å². The van der Waals surface area contributed by atoms with Crippen molar-refractivity contribution in [3.63, 3.8) is 0 Å². The number of rotatable bonds is 3. The fourth-order valence-corrected chi connectivity index (χ4v) is 6.57. The topological polar surface area (TPSA) is 44.7 Å². The summed E-state index contributed by atoms with van der Waals surface area (Å²) in [7, 11) is 0. The number of aromatic amines is 2. The monoisotopic (exact) mass is 452 g/mol. The second-order valence-electron chi connectivity index (χ2n) is 13.2. The summed E-state index contributed by atoms with van der Waals surface area (Å²) < 4.78 is 6.43. The highest BCUT2D eigenvalue weighted by atomic mass is 32.1. The van der Waals surface area contributed by atoms with Gasteiger partial charge in [-0.2, -0.15) is 0 Å². The van der Waals surface area contributed by atoms with E-state index in [2.05, 4.69) is 98.3 Å². The van der Waals surface area contributed by atoms with E-state index >= 15 is 0 Å². The maximum absolute atomic E-state index is 6.43. The summed E-state index contributed by atoms with van der Waals surface area (Å²) in [6.45, 7) is 25.4. The zero-order chi connectivity index (χ0) is 23.9. The Labute approximate surface area is 197 Å². The molecule has 0 spiro atoms. The van der Waals surface area contributed by atoms with Crippen LogP contribution in [0.5, 0.6) is 0 Å². The Bertz CT molecular complexity index is 1270. The molecule has 0 saturated carbocycles. The van der Waals surface area contributed by atoms with Gasteiger partial charge in [-0.1, -0.05) is 76.2 Å². The van der Waals surface area contributed by atoms with E-state index in [-0.39, 0.29) is 21.7 Å². The molecule has 4 heteroatoms. The maximum Gasteiger partial charge on any atom is 0.204 e. The number of nitrogens with one attached hydrogen (secondary N) is 2. The molecule has 32 heavy (non-hydrogen) atoms. The van der Waals surface area contributed by atoms with Gasteiger partial charge in [-0.3, -0.25) is 0 Å². The van der Waals surface area contributed by atoms with E-state index in [4.69, 9.17) is 4.42 Å². The Morgan fingerprint density at radius 3 is 2.00 bits per heavy atom. The Hall–Kier alpha value is -1.94. The van der Waals surface area contributed by atoms with Crippen molar-refractivity contribution in [3.05, 3.63) is 45.8 Å². The number of aromatic nitrogens is 2. The largest absolute Gasteiger partial charge is 0.444 e. The molecule has 0 radical (unpaired) electrons. The van der Waals surface area contributed by atoms with E-state index in [0.717, 1.165) is 17.9 Å². The normalized spacial score (nSPS) is 14.2. The third-order valence-corrected chi connectivity index (χ3v) is 7.92. The lowest BCUT2D eigenvalue weighted by atomic mass is 9.76. The van der Waals surface area contributed by atoms with E-state index < -0.39 is 0 Å². The van der Waals surface area contributed by atoms with Crippen LogP contribution in [0.3, 0.4) is 0 Å². The minimum absolute atomic E-state index is 0.0111. The predicted molar refractivity (Wildman–Crippen MR) is 140 cm³/mol. The predicted octanol–water partition coefficient (Wildman–Crippen LogP) is 8.72. The van der Waals surface area contributed by atoms with E-state index in [1.807, 2.05) is 17.5 Å². The molecule has 0 aromatic carbocycles. The number of thiophene rings is 1. The number of hydrogen-bond acceptors (Lipinski definition) is 2. The van der Waals surface area contributed by atoms with Crippen molar-refractivity contribution in [2.24, 2.45) is 0 Å². The molecule has 0 aliphatic heterocycles. The molecule has 2 N–H and O–H groups in total. The average Bonchev–Trinajstić information content (AvgIpc) is 3.27. The van der Waals surface area contributed by atoms with Crippen LogP contribution in [0.15, 0.2) is 22.7 Å². The minimum Gasteiger partial charge on any atom is -0.444 e. The molecule has 4 aromatic rings. The van der Waals surface area contributed by atoms with Crippen LogP contribution in [0.2, 0.25) is 0 Å². The van der Waals surface area contributed by atoms with Crippen LogP contribution in [0.25, 0.3) is 21.3 Å². The van der Waals surface area contributed by atoms with Gasteiger partial charge in [0.25, 0.3) is 0 Å². The summed E-state index contributed by atoms with van der Waals surface area (Å²) in [5.74, 6) is 1.09. The molecule has 0 unspecified atom stereocenters. The van der Waals surface area contributed by atoms with Crippen LogP contribution >= 0.6 is 11.3 Å². The molecule has 0 bridgehead atoms. The Balaban J connectivity index is 1.80. The molecule has 0 fully saturated rings. The van der Waals surface area contributed by atoms with Crippen LogP contribution in [0, 0.1) is 0 Å². The maximum atomic E-state index is 6.43. The lowest BCUT2D eigenvalue weighted by molar-refractivity contribution is 0.377. The smallest absolute Gasteiger partial charge is 0.204 e. The van der Waals surface area contributed by atoms with Crippen LogP contribution < -0.4 is 0 Å². The first kappa shape index (κ1) is 23.2. The molecular weight excluding hydrogens is 412 g/mol.